The second-order valence-electron chi connectivity index (χ2n) is 4.58. The lowest BCUT2D eigenvalue weighted by Crippen LogP contribution is -2.26. The Balaban J connectivity index is 2.26. The minimum absolute atomic E-state index is 0.00336. The first kappa shape index (κ1) is 13.6. The van der Waals surface area contributed by atoms with E-state index in [1.807, 2.05) is 36.4 Å². The van der Waals surface area contributed by atoms with E-state index in [0.29, 0.717) is 6.42 Å². The highest BCUT2D eigenvalue weighted by molar-refractivity contribution is 5.65. The molecule has 0 amide bonds. The van der Waals surface area contributed by atoms with Gasteiger partial charge in [-0.05, 0) is 35.2 Å². The Labute approximate surface area is 113 Å². The van der Waals surface area contributed by atoms with Crippen molar-refractivity contribution in [3.05, 3.63) is 54.1 Å². The van der Waals surface area contributed by atoms with Crippen LogP contribution >= 0.6 is 0 Å². The largest absolute Gasteiger partial charge is 0.497 e. The lowest BCUT2D eigenvalue weighted by Gasteiger charge is -2.10. The van der Waals surface area contributed by atoms with Gasteiger partial charge >= 0.3 is 0 Å². The van der Waals surface area contributed by atoms with Crippen molar-refractivity contribution in [1.29, 1.82) is 0 Å². The normalized spacial score (nSPS) is 12.2. The molecule has 2 aromatic carbocycles. The van der Waals surface area contributed by atoms with Crippen LogP contribution in [0.5, 0.6) is 5.75 Å². The Morgan fingerprint density at radius 2 is 1.79 bits per heavy atom. The van der Waals surface area contributed by atoms with Crippen LogP contribution in [0, 0.1) is 0 Å². The Kier molecular flexibility index (Phi) is 4.55. The van der Waals surface area contributed by atoms with Crippen LogP contribution in [0.1, 0.15) is 5.56 Å². The number of benzene rings is 2. The zero-order valence-electron chi connectivity index (χ0n) is 11.0. The molecule has 2 aromatic rings. The van der Waals surface area contributed by atoms with E-state index in [1.165, 1.54) is 0 Å². The Bertz CT molecular complexity index is 540. The Morgan fingerprint density at radius 3 is 2.47 bits per heavy atom. The molecule has 0 aliphatic rings. The number of ether oxygens (including phenoxy) is 1. The third-order valence-corrected chi connectivity index (χ3v) is 3.06. The van der Waals surface area contributed by atoms with E-state index in [4.69, 9.17) is 15.6 Å². The van der Waals surface area contributed by atoms with Crippen LogP contribution in [0.25, 0.3) is 11.1 Å². The van der Waals surface area contributed by atoms with Gasteiger partial charge in [-0.1, -0.05) is 36.4 Å². The summed E-state index contributed by atoms with van der Waals surface area (Å²) in [7, 11) is 1.66. The van der Waals surface area contributed by atoms with Gasteiger partial charge in [0.15, 0.2) is 0 Å². The van der Waals surface area contributed by atoms with Crippen molar-refractivity contribution in [2.45, 2.75) is 12.5 Å². The maximum atomic E-state index is 9.01. The van der Waals surface area contributed by atoms with E-state index in [1.54, 1.807) is 7.11 Å². The Morgan fingerprint density at radius 1 is 1.11 bits per heavy atom. The highest BCUT2D eigenvalue weighted by Crippen LogP contribution is 2.24. The number of hydrogen-bond acceptors (Lipinski definition) is 3. The van der Waals surface area contributed by atoms with Crippen LogP contribution in [-0.2, 0) is 6.42 Å². The van der Waals surface area contributed by atoms with Gasteiger partial charge in [-0.3, -0.25) is 0 Å². The molecule has 2 rings (SSSR count). The minimum Gasteiger partial charge on any atom is -0.497 e. The SMILES string of the molecule is COc1cccc(-c2cccc(CC(N)CO)c2)c1. The van der Waals surface area contributed by atoms with Gasteiger partial charge in [-0.2, -0.15) is 0 Å². The molecule has 0 bridgehead atoms. The number of hydrogen-bond donors (Lipinski definition) is 2. The third kappa shape index (κ3) is 3.56. The van der Waals surface area contributed by atoms with Crippen molar-refractivity contribution in [2.24, 2.45) is 5.73 Å². The number of aliphatic hydroxyl groups is 1. The molecule has 19 heavy (non-hydrogen) atoms. The highest BCUT2D eigenvalue weighted by Gasteiger charge is 2.05. The van der Waals surface area contributed by atoms with Gasteiger partial charge in [-0.25, -0.2) is 0 Å². The highest BCUT2D eigenvalue weighted by atomic mass is 16.5. The maximum absolute atomic E-state index is 9.01. The predicted octanol–water partition coefficient (Wildman–Crippen LogP) is 2.22. The first-order valence-electron chi connectivity index (χ1n) is 6.32. The van der Waals surface area contributed by atoms with Gasteiger partial charge < -0.3 is 15.6 Å². The lowest BCUT2D eigenvalue weighted by molar-refractivity contribution is 0.265. The molecule has 3 heteroatoms. The van der Waals surface area contributed by atoms with Crippen LogP contribution in [0.15, 0.2) is 48.5 Å². The van der Waals surface area contributed by atoms with E-state index >= 15 is 0 Å². The first-order chi connectivity index (χ1) is 9.22. The van der Waals surface area contributed by atoms with Crippen molar-refractivity contribution >= 4 is 0 Å². The molecule has 0 aliphatic heterocycles. The van der Waals surface area contributed by atoms with Crippen LogP contribution in [0.3, 0.4) is 0 Å². The predicted molar refractivity (Wildman–Crippen MR) is 77.2 cm³/mol. The van der Waals surface area contributed by atoms with Gasteiger partial charge in [0.1, 0.15) is 5.75 Å². The van der Waals surface area contributed by atoms with E-state index in [2.05, 4.69) is 12.1 Å². The topological polar surface area (TPSA) is 55.5 Å². The molecule has 0 heterocycles. The van der Waals surface area contributed by atoms with Gasteiger partial charge in [-0.15, -0.1) is 0 Å². The fraction of sp³-hybridized carbons (Fsp3) is 0.250. The van der Waals surface area contributed by atoms with Crippen LogP contribution in [0.2, 0.25) is 0 Å². The monoisotopic (exact) mass is 257 g/mol. The van der Waals surface area contributed by atoms with E-state index in [0.717, 1.165) is 22.4 Å². The molecule has 0 aliphatic carbocycles. The molecule has 100 valence electrons. The second-order valence-corrected chi connectivity index (χ2v) is 4.58. The molecule has 0 spiro atoms. The summed E-state index contributed by atoms with van der Waals surface area (Å²) in [4.78, 5) is 0. The number of nitrogens with two attached hydrogens (primary N) is 1. The third-order valence-electron chi connectivity index (χ3n) is 3.06. The molecular formula is C16H19NO2. The summed E-state index contributed by atoms with van der Waals surface area (Å²) in [5.41, 5.74) is 9.13. The zero-order valence-corrected chi connectivity index (χ0v) is 11.0. The van der Waals surface area contributed by atoms with Gasteiger partial charge in [0, 0.05) is 6.04 Å². The van der Waals surface area contributed by atoms with Crippen molar-refractivity contribution < 1.29 is 9.84 Å². The van der Waals surface area contributed by atoms with Crippen molar-refractivity contribution in [3.63, 3.8) is 0 Å². The molecule has 0 fully saturated rings. The quantitative estimate of drug-likeness (QED) is 0.863. The van der Waals surface area contributed by atoms with E-state index in [-0.39, 0.29) is 12.6 Å². The van der Waals surface area contributed by atoms with Crippen LogP contribution < -0.4 is 10.5 Å². The average Bonchev–Trinajstić information content (AvgIpc) is 2.47. The molecule has 3 N–H and O–H groups in total. The van der Waals surface area contributed by atoms with Gasteiger partial charge in [0.25, 0.3) is 0 Å². The zero-order chi connectivity index (χ0) is 13.7. The average molecular weight is 257 g/mol. The van der Waals surface area contributed by atoms with Crippen LogP contribution in [-0.4, -0.2) is 24.9 Å². The summed E-state index contributed by atoms with van der Waals surface area (Å²) in [5, 5.41) is 9.01. The molecule has 0 saturated carbocycles. The van der Waals surface area contributed by atoms with Crippen molar-refractivity contribution in [3.8, 4) is 16.9 Å². The smallest absolute Gasteiger partial charge is 0.119 e. The summed E-state index contributed by atoms with van der Waals surface area (Å²) in [6.45, 7) is 0.00336. The summed E-state index contributed by atoms with van der Waals surface area (Å²) in [5.74, 6) is 0.843. The van der Waals surface area contributed by atoms with E-state index < -0.39 is 0 Å². The number of methoxy groups -OCH3 is 1. The summed E-state index contributed by atoms with van der Waals surface area (Å²) in [6.07, 6.45) is 0.675. The second kappa shape index (κ2) is 6.36. The molecule has 0 aromatic heterocycles. The number of aliphatic hydroxyl groups excluding tert-OH is 1. The summed E-state index contributed by atoms with van der Waals surface area (Å²) < 4.78 is 5.24. The molecule has 0 saturated heterocycles. The summed E-state index contributed by atoms with van der Waals surface area (Å²) in [6, 6.07) is 15.9. The van der Waals surface area contributed by atoms with E-state index in [9.17, 15) is 0 Å². The van der Waals surface area contributed by atoms with Gasteiger partial charge in [0.05, 0.1) is 13.7 Å². The maximum Gasteiger partial charge on any atom is 0.119 e. The standard InChI is InChI=1S/C16H19NO2/c1-19-16-7-3-6-14(10-16)13-5-2-4-12(8-13)9-15(17)11-18/h2-8,10,15,18H,9,11,17H2,1H3. The van der Waals surface area contributed by atoms with Gasteiger partial charge in [0.2, 0.25) is 0 Å². The molecule has 3 nitrogen and oxygen atoms in total. The van der Waals surface area contributed by atoms with Crippen molar-refractivity contribution in [1.82, 2.24) is 0 Å². The molecule has 0 radical (unpaired) electrons. The van der Waals surface area contributed by atoms with Crippen molar-refractivity contribution in [2.75, 3.05) is 13.7 Å². The molecule has 1 atom stereocenters. The molecular weight excluding hydrogens is 238 g/mol. The fourth-order valence-electron chi connectivity index (χ4n) is 2.05. The first-order valence-corrected chi connectivity index (χ1v) is 6.32. The fourth-order valence-corrected chi connectivity index (χ4v) is 2.05. The van der Waals surface area contributed by atoms with Crippen LogP contribution in [0.4, 0.5) is 0 Å². The Hall–Kier alpha value is -1.84. The molecule has 1 unspecified atom stereocenters. The number of rotatable bonds is 5. The lowest BCUT2D eigenvalue weighted by atomic mass is 10.00. The minimum atomic E-state index is -0.208. The summed E-state index contributed by atoms with van der Waals surface area (Å²) >= 11 is 0.